The van der Waals surface area contributed by atoms with Crippen LogP contribution >= 0.6 is 11.6 Å². The molecule has 0 saturated carbocycles. The summed E-state index contributed by atoms with van der Waals surface area (Å²) in [6.45, 7) is 5.73. The minimum atomic E-state index is 0.808. The Kier molecular flexibility index (Phi) is 4.87. The molecule has 1 atom stereocenters. The van der Waals surface area contributed by atoms with Gasteiger partial charge in [0.1, 0.15) is 0 Å². The Morgan fingerprint density at radius 3 is 3.06 bits per heavy atom. The first-order valence-electron chi connectivity index (χ1n) is 6.62. The van der Waals surface area contributed by atoms with Gasteiger partial charge in [-0.15, -0.1) is 11.6 Å². The Morgan fingerprint density at radius 2 is 2.29 bits per heavy atom. The fourth-order valence-corrected chi connectivity index (χ4v) is 3.06. The van der Waals surface area contributed by atoms with Crippen LogP contribution in [0.15, 0.2) is 24.3 Å². The molecule has 1 fully saturated rings. The molecule has 0 bridgehead atoms. The second-order valence-electron chi connectivity index (χ2n) is 5.21. The number of likely N-dealkylation sites (tertiary alicyclic amines) is 1. The quantitative estimate of drug-likeness (QED) is 0.735. The molecule has 1 aliphatic rings. The Bertz CT molecular complexity index is 349. The van der Waals surface area contributed by atoms with E-state index in [1.165, 1.54) is 43.5 Å². The molecule has 1 aliphatic heterocycles. The normalized spacial score (nSPS) is 21.6. The maximum absolute atomic E-state index is 5.85. The fourth-order valence-electron chi connectivity index (χ4n) is 2.75. The topological polar surface area (TPSA) is 3.24 Å². The van der Waals surface area contributed by atoms with Crippen molar-refractivity contribution in [1.29, 1.82) is 0 Å². The average Bonchev–Trinajstić information content (AvgIpc) is 2.30. The molecule has 1 nitrogen and oxygen atoms in total. The third-order valence-corrected chi connectivity index (χ3v) is 3.83. The third-order valence-electron chi connectivity index (χ3n) is 3.61. The van der Waals surface area contributed by atoms with Crippen LogP contribution < -0.4 is 0 Å². The van der Waals surface area contributed by atoms with E-state index >= 15 is 0 Å². The lowest BCUT2D eigenvalue weighted by atomic mass is 9.95. The van der Waals surface area contributed by atoms with Crippen molar-refractivity contribution < 1.29 is 0 Å². The molecule has 0 radical (unpaired) electrons. The van der Waals surface area contributed by atoms with E-state index in [2.05, 4.69) is 36.1 Å². The van der Waals surface area contributed by atoms with Crippen LogP contribution in [-0.2, 0) is 6.54 Å². The minimum absolute atomic E-state index is 0.808. The predicted molar refractivity (Wildman–Crippen MR) is 74.5 cm³/mol. The van der Waals surface area contributed by atoms with E-state index in [1.807, 2.05) is 0 Å². The number of hydrogen-bond acceptors (Lipinski definition) is 1. The van der Waals surface area contributed by atoms with Crippen molar-refractivity contribution in [2.45, 2.75) is 32.7 Å². The van der Waals surface area contributed by atoms with E-state index in [-0.39, 0.29) is 0 Å². The smallest absolute Gasteiger partial charge is 0.0233 e. The van der Waals surface area contributed by atoms with E-state index in [0.29, 0.717) is 0 Å². The van der Waals surface area contributed by atoms with E-state index in [0.717, 1.165) is 18.3 Å². The molecular formula is C15H22ClN. The van der Waals surface area contributed by atoms with Crippen LogP contribution in [0, 0.1) is 12.8 Å². The number of benzene rings is 1. The first kappa shape index (κ1) is 12.9. The Balaban J connectivity index is 1.90. The van der Waals surface area contributed by atoms with Gasteiger partial charge in [0, 0.05) is 19.0 Å². The van der Waals surface area contributed by atoms with E-state index in [1.54, 1.807) is 0 Å². The molecule has 0 N–H and O–H groups in total. The van der Waals surface area contributed by atoms with Gasteiger partial charge in [-0.1, -0.05) is 29.8 Å². The number of rotatable bonds is 4. The van der Waals surface area contributed by atoms with Crippen molar-refractivity contribution in [2.24, 2.45) is 5.92 Å². The third kappa shape index (κ3) is 4.01. The lowest BCUT2D eigenvalue weighted by molar-refractivity contribution is 0.165. The molecule has 1 aromatic rings. The summed E-state index contributed by atoms with van der Waals surface area (Å²) in [5.41, 5.74) is 2.80. The van der Waals surface area contributed by atoms with Gasteiger partial charge < -0.3 is 0 Å². The molecular weight excluding hydrogens is 230 g/mol. The molecule has 2 rings (SSSR count). The van der Waals surface area contributed by atoms with Crippen molar-refractivity contribution >= 4 is 11.6 Å². The highest BCUT2D eigenvalue weighted by Crippen LogP contribution is 2.21. The lowest BCUT2D eigenvalue weighted by Crippen LogP contribution is -2.35. The zero-order valence-corrected chi connectivity index (χ0v) is 11.4. The van der Waals surface area contributed by atoms with Crippen molar-refractivity contribution in [3.63, 3.8) is 0 Å². The van der Waals surface area contributed by atoms with Crippen LogP contribution in [0.25, 0.3) is 0 Å². The largest absolute Gasteiger partial charge is 0.299 e. The molecule has 1 saturated heterocycles. The number of hydrogen-bond donors (Lipinski definition) is 0. The molecule has 17 heavy (non-hydrogen) atoms. The van der Waals surface area contributed by atoms with E-state index in [9.17, 15) is 0 Å². The van der Waals surface area contributed by atoms with Gasteiger partial charge in [-0.3, -0.25) is 4.90 Å². The molecule has 0 amide bonds. The number of alkyl halides is 1. The van der Waals surface area contributed by atoms with Crippen LogP contribution in [0.2, 0.25) is 0 Å². The van der Waals surface area contributed by atoms with Gasteiger partial charge in [-0.25, -0.2) is 0 Å². The second-order valence-corrected chi connectivity index (χ2v) is 5.59. The average molecular weight is 252 g/mol. The zero-order chi connectivity index (χ0) is 12.1. The summed E-state index contributed by atoms with van der Waals surface area (Å²) >= 11 is 5.85. The highest BCUT2D eigenvalue weighted by atomic mass is 35.5. The van der Waals surface area contributed by atoms with Crippen LogP contribution in [0.4, 0.5) is 0 Å². The van der Waals surface area contributed by atoms with Crippen molar-refractivity contribution in [1.82, 2.24) is 4.90 Å². The van der Waals surface area contributed by atoms with E-state index in [4.69, 9.17) is 11.6 Å². The Morgan fingerprint density at radius 1 is 1.41 bits per heavy atom. The summed E-state index contributed by atoms with van der Waals surface area (Å²) in [6, 6.07) is 8.85. The molecule has 0 aliphatic carbocycles. The molecule has 1 aromatic carbocycles. The first-order valence-corrected chi connectivity index (χ1v) is 7.15. The van der Waals surface area contributed by atoms with Gasteiger partial charge in [0.25, 0.3) is 0 Å². The number of piperidine rings is 1. The molecule has 0 spiro atoms. The van der Waals surface area contributed by atoms with Crippen molar-refractivity contribution in [2.75, 3.05) is 19.0 Å². The van der Waals surface area contributed by atoms with Gasteiger partial charge >= 0.3 is 0 Å². The van der Waals surface area contributed by atoms with Crippen molar-refractivity contribution in [3.05, 3.63) is 35.4 Å². The summed E-state index contributed by atoms with van der Waals surface area (Å²) < 4.78 is 0. The lowest BCUT2D eigenvalue weighted by Gasteiger charge is -2.32. The van der Waals surface area contributed by atoms with Crippen LogP contribution in [0.3, 0.4) is 0 Å². The standard InChI is InChI=1S/C15H22ClN/c1-13-4-2-5-15(10-13)12-17-9-3-6-14(11-17)7-8-16/h2,4-5,10,14H,3,6-9,11-12H2,1H3. The van der Waals surface area contributed by atoms with Crippen LogP contribution in [0.5, 0.6) is 0 Å². The Labute approximate surface area is 110 Å². The summed E-state index contributed by atoms with van der Waals surface area (Å²) in [5.74, 6) is 1.62. The second kappa shape index (κ2) is 6.42. The highest BCUT2D eigenvalue weighted by Gasteiger charge is 2.19. The molecule has 94 valence electrons. The highest BCUT2D eigenvalue weighted by molar-refractivity contribution is 6.17. The Hall–Kier alpha value is -0.530. The van der Waals surface area contributed by atoms with Gasteiger partial charge in [0.15, 0.2) is 0 Å². The van der Waals surface area contributed by atoms with Crippen LogP contribution in [-0.4, -0.2) is 23.9 Å². The molecule has 1 unspecified atom stereocenters. The maximum Gasteiger partial charge on any atom is 0.0233 e. The van der Waals surface area contributed by atoms with Crippen LogP contribution in [0.1, 0.15) is 30.4 Å². The zero-order valence-electron chi connectivity index (χ0n) is 10.7. The van der Waals surface area contributed by atoms with Crippen molar-refractivity contribution in [3.8, 4) is 0 Å². The van der Waals surface area contributed by atoms with Gasteiger partial charge in [0.2, 0.25) is 0 Å². The predicted octanol–water partition coefficient (Wildman–Crippen LogP) is 3.84. The summed E-state index contributed by atoms with van der Waals surface area (Å²) in [7, 11) is 0. The minimum Gasteiger partial charge on any atom is -0.299 e. The van der Waals surface area contributed by atoms with Gasteiger partial charge in [-0.2, -0.15) is 0 Å². The van der Waals surface area contributed by atoms with Gasteiger partial charge in [0.05, 0.1) is 0 Å². The fraction of sp³-hybridized carbons (Fsp3) is 0.600. The molecule has 0 aromatic heterocycles. The van der Waals surface area contributed by atoms with E-state index < -0.39 is 0 Å². The molecule has 1 heterocycles. The summed E-state index contributed by atoms with van der Waals surface area (Å²) in [5, 5.41) is 0. The van der Waals surface area contributed by atoms with Gasteiger partial charge in [-0.05, 0) is 44.2 Å². The molecule has 2 heteroatoms. The monoisotopic (exact) mass is 251 g/mol. The first-order chi connectivity index (χ1) is 8.28. The number of halogens is 1. The number of aryl methyl sites for hydroxylation is 1. The summed E-state index contributed by atoms with van der Waals surface area (Å²) in [4.78, 5) is 2.58. The maximum atomic E-state index is 5.85. The number of nitrogens with zero attached hydrogens (tertiary/aromatic N) is 1. The SMILES string of the molecule is Cc1cccc(CN2CCCC(CCCl)C2)c1. The summed E-state index contributed by atoms with van der Waals surface area (Å²) in [6.07, 6.45) is 3.86.